The lowest BCUT2D eigenvalue weighted by Crippen LogP contribution is -2.48. The summed E-state index contributed by atoms with van der Waals surface area (Å²) in [5, 5.41) is 0. The number of hydrogen-bond donors (Lipinski definition) is 1. The van der Waals surface area contributed by atoms with Crippen molar-refractivity contribution in [2.24, 2.45) is 17.6 Å². The highest BCUT2D eigenvalue weighted by atomic mass is 16.2. The van der Waals surface area contributed by atoms with Crippen molar-refractivity contribution in [1.29, 1.82) is 0 Å². The van der Waals surface area contributed by atoms with Gasteiger partial charge in [-0.2, -0.15) is 0 Å². The third kappa shape index (κ3) is 3.38. The van der Waals surface area contributed by atoms with Gasteiger partial charge in [-0.15, -0.1) is 0 Å². The van der Waals surface area contributed by atoms with Crippen LogP contribution in [0.2, 0.25) is 0 Å². The average Bonchev–Trinajstić information content (AvgIpc) is 3.15. The lowest BCUT2D eigenvalue weighted by atomic mass is 9.84. The predicted octanol–water partition coefficient (Wildman–Crippen LogP) is 0.125. The van der Waals surface area contributed by atoms with Crippen molar-refractivity contribution < 1.29 is 9.59 Å². The smallest absolute Gasteiger partial charge is 0.312 e. The Labute approximate surface area is 139 Å². The molecule has 6 nitrogen and oxygen atoms in total. The Morgan fingerprint density at radius 1 is 0.913 bits per heavy atom. The maximum absolute atomic E-state index is 12.6. The van der Waals surface area contributed by atoms with E-state index in [2.05, 4.69) is 11.9 Å². The number of nitrogens with two attached hydrogens (primary N) is 1. The number of rotatable bonds is 1. The van der Waals surface area contributed by atoms with E-state index < -0.39 is 0 Å². The highest BCUT2D eigenvalue weighted by molar-refractivity contribution is 6.35. The first-order valence-corrected chi connectivity index (χ1v) is 9.01. The van der Waals surface area contributed by atoms with Crippen molar-refractivity contribution in [2.45, 2.75) is 44.7 Å². The molecule has 3 heterocycles. The largest absolute Gasteiger partial charge is 0.334 e. The van der Waals surface area contributed by atoms with Crippen molar-refractivity contribution in [1.82, 2.24) is 14.7 Å². The Balaban J connectivity index is 1.54. The minimum Gasteiger partial charge on any atom is -0.334 e. The zero-order valence-electron chi connectivity index (χ0n) is 14.4. The maximum atomic E-state index is 12.6. The molecular weight excluding hydrogens is 292 g/mol. The van der Waals surface area contributed by atoms with Crippen molar-refractivity contribution >= 4 is 11.8 Å². The summed E-state index contributed by atoms with van der Waals surface area (Å²) in [6, 6.07) is -0.0314. The molecule has 3 aliphatic heterocycles. The second-order valence-electron chi connectivity index (χ2n) is 7.63. The molecule has 3 rings (SSSR count). The van der Waals surface area contributed by atoms with E-state index in [9.17, 15) is 9.59 Å². The first kappa shape index (κ1) is 16.7. The fourth-order valence-electron chi connectivity index (χ4n) is 4.37. The van der Waals surface area contributed by atoms with Crippen LogP contribution in [-0.4, -0.2) is 78.4 Å². The van der Waals surface area contributed by atoms with E-state index in [1.54, 1.807) is 9.80 Å². The summed E-state index contributed by atoms with van der Waals surface area (Å²) in [5.41, 5.74) is 5.97. The fourth-order valence-corrected chi connectivity index (χ4v) is 4.37. The Hall–Kier alpha value is -1.14. The molecule has 3 aliphatic rings. The minimum atomic E-state index is -0.352. The number of hydrogen-bond acceptors (Lipinski definition) is 4. The monoisotopic (exact) mass is 322 g/mol. The Morgan fingerprint density at radius 2 is 1.57 bits per heavy atom. The van der Waals surface area contributed by atoms with Gasteiger partial charge in [0.05, 0.1) is 0 Å². The summed E-state index contributed by atoms with van der Waals surface area (Å²) < 4.78 is 0. The third-order valence-corrected chi connectivity index (χ3v) is 6.20. The summed E-state index contributed by atoms with van der Waals surface area (Å²) in [6.07, 6.45) is 4.27. The molecule has 3 saturated heterocycles. The first-order chi connectivity index (χ1) is 11.0. The molecule has 0 aromatic carbocycles. The highest BCUT2D eigenvalue weighted by Crippen LogP contribution is 2.31. The molecule has 130 valence electrons. The molecule has 0 aromatic rings. The number of piperidine rings is 1. The average molecular weight is 322 g/mol. The van der Waals surface area contributed by atoms with E-state index in [-0.39, 0.29) is 23.9 Å². The van der Waals surface area contributed by atoms with Gasteiger partial charge in [-0.1, -0.05) is 0 Å². The van der Waals surface area contributed by atoms with E-state index in [0.29, 0.717) is 18.4 Å². The Kier molecular flexibility index (Phi) is 4.92. The second-order valence-corrected chi connectivity index (χ2v) is 7.63. The number of amides is 2. The highest BCUT2D eigenvalue weighted by Gasteiger charge is 2.39. The van der Waals surface area contributed by atoms with Crippen LogP contribution in [0, 0.1) is 11.8 Å². The first-order valence-electron chi connectivity index (χ1n) is 9.01. The van der Waals surface area contributed by atoms with Gasteiger partial charge in [0.15, 0.2) is 0 Å². The molecule has 1 unspecified atom stereocenters. The van der Waals surface area contributed by atoms with Crippen LogP contribution in [0.25, 0.3) is 0 Å². The summed E-state index contributed by atoms with van der Waals surface area (Å²) in [4.78, 5) is 30.9. The van der Waals surface area contributed by atoms with Crippen molar-refractivity contribution in [3.63, 3.8) is 0 Å². The molecule has 0 aromatic heterocycles. The van der Waals surface area contributed by atoms with Crippen LogP contribution < -0.4 is 5.73 Å². The van der Waals surface area contributed by atoms with Crippen LogP contribution in [0.1, 0.15) is 32.6 Å². The fraction of sp³-hybridized carbons (Fsp3) is 0.882. The van der Waals surface area contributed by atoms with Crippen LogP contribution in [0.5, 0.6) is 0 Å². The summed E-state index contributed by atoms with van der Waals surface area (Å²) in [5.74, 6) is 0.604. The third-order valence-electron chi connectivity index (χ3n) is 6.20. The quantitative estimate of drug-likeness (QED) is 0.697. The van der Waals surface area contributed by atoms with Crippen molar-refractivity contribution in [2.75, 3.05) is 39.8 Å². The molecule has 6 heteroatoms. The maximum Gasteiger partial charge on any atom is 0.312 e. The molecule has 0 aliphatic carbocycles. The van der Waals surface area contributed by atoms with Gasteiger partial charge in [0.1, 0.15) is 0 Å². The molecule has 0 saturated carbocycles. The van der Waals surface area contributed by atoms with Gasteiger partial charge < -0.3 is 20.4 Å². The van der Waals surface area contributed by atoms with E-state index >= 15 is 0 Å². The SMILES string of the molecule is C[C@@H]1[C@H](N)CCN1C(=O)C(=O)N1CCC(C2CCN(C)CC2)C1. The van der Waals surface area contributed by atoms with E-state index in [1.165, 1.54) is 12.8 Å². The lowest BCUT2D eigenvalue weighted by molar-refractivity contribution is -0.151. The molecule has 23 heavy (non-hydrogen) atoms. The zero-order valence-corrected chi connectivity index (χ0v) is 14.4. The molecule has 3 fully saturated rings. The Morgan fingerprint density at radius 3 is 2.17 bits per heavy atom. The predicted molar refractivity (Wildman–Crippen MR) is 88.7 cm³/mol. The van der Waals surface area contributed by atoms with E-state index in [0.717, 1.165) is 39.0 Å². The zero-order chi connectivity index (χ0) is 16.6. The number of carbonyl (C=O) groups is 2. The molecule has 3 atom stereocenters. The minimum absolute atomic E-state index is 0.00250. The van der Waals surface area contributed by atoms with Gasteiger partial charge in [0, 0.05) is 31.7 Å². The van der Waals surface area contributed by atoms with Gasteiger partial charge in [-0.05, 0) is 64.6 Å². The molecule has 0 spiro atoms. The van der Waals surface area contributed by atoms with Crippen molar-refractivity contribution in [3.8, 4) is 0 Å². The topological polar surface area (TPSA) is 69.9 Å². The number of nitrogens with zero attached hydrogens (tertiary/aromatic N) is 3. The molecule has 0 bridgehead atoms. The van der Waals surface area contributed by atoms with Gasteiger partial charge >= 0.3 is 11.8 Å². The Bertz CT molecular complexity index is 462. The van der Waals surface area contributed by atoms with Gasteiger partial charge in [-0.3, -0.25) is 9.59 Å². The van der Waals surface area contributed by atoms with E-state index in [4.69, 9.17) is 5.73 Å². The molecule has 2 amide bonds. The number of likely N-dealkylation sites (tertiary alicyclic amines) is 3. The lowest BCUT2D eigenvalue weighted by Gasteiger charge is -2.32. The van der Waals surface area contributed by atoms with Crippen LogP contribution in [0.3, 0.4) is 0 Å². The van der Waals surface area contributed by atoms with Crippen LogP contribution in [0.15, 0.2) is 0 Å². The van der Waals surface area contributed by atoms with Crippen LogP contribution in [0.4, 0.5) is 0 Å². The summed E-state index contributed by atoms with van der Waals surface area (Å²) >= 11 is 0. The van der Waals surface area contributed by atoms with Crippen LogP contribution >= 0.6 is 0 Å². The summed E-state index contributed by atoms with van der Waals surface area (Å²) in [7, 11) is 2.17. The van der Waals surface area contributed by atoms with Gasteiger partial charge in [0.2, 0.25) is 0 Å². The van der Waals surface area contributed by atoms with Gasteiger partial charge in [-0.25, -0.2) is 0 Å². The van der Waals surface area contributed by atoms with Crippen molar-refractivity contribution in [3.05, 3.63) is 0 Å². The van der Waals surface area contributed by atoms with Gasteiger partial charge in [0.25, 0.3) is 0 Å². The molecular formula is C17H30N4O2. The standard InChI is InChI=1S/C17H30N4O2/c1-12-15(18)6-10-21(12)17(23)16(22)20-9-5-14(11-20)13-3-7-19(2)8-4-13/h12-15H,3-11,18H2,1-2H3/t12-,14?,15-/m1/s1. The van der Waals surface area contributed by atoms with E-state index in [1.807, 2.05) is 6.92 Å². The van der Waals surface area contributed by atoms with Crippen LogP contribution in [-0.2, 0) is 9.59 Å². The summed E-state index contributed by atoms with van der Waals surface area (Å²) in [6.45, 7) is 6.34. The number of carbonyl (C=O) groups excluding carboxylic acids is 2. The second kappa shape index (κ2) is 6.77. The normalized spacial score (nSPS) is 33.4. The molecule has 2 N–H and O–H groups in total. The molecule has 0 radical (unpaired) electrons.